The Hall–Kier alpha value is -0.300. The zero-order chi connectivity index (χ0) is 8.27. The molecular formula is C8H8BrNS. The maximum Gasteiger partial charge on any atom is 0.103 e. The predicted octanol–water partition coefficient (Wildman–Crippen LogP) is 2.40. The Bertz CT molecular complexity index is 274. The fourth-order valence-corrected chi connectivity index (χ4v) is 2.29. The molecule has 1 heterocycles. The van der Waals surface area contributed by atoms with E-state index in [2.05, 4.69) is 27.2 Å². The third-order valence-electron chi connectivity index (χ3n) is 1.33. The first-order valence-electron chi connectivity index (χ1n) is 3.16. The topological polar surface area (TPSA) is 12.0 Å². The van der Waals surface area contributed by atoms with E-state index in [1.54, 1.807) is 11.3 Å². The highest BCUT2D eigenvalue weighted by molar-refractivity contribution is 9.11. The molecule has 0 saturated carbocycles. The summed E-state index contributed by atoms with van der Waals surface area (Å²) in [6.45, 7) is 0. The van der Waals surface area contributed by atoms with Crippen LogP contribution in [0.2, 0.25) is 0 Å². The van der Waals surface area contributed by atoms with Gasteiger partial charge in [0.05, 0.1) is 3.79 Å². The Kier molecular flexibility index (Phi) is 3.13. The molecule has 0 saturated heterocycles. The lowest BCUT2D eigenvalue weighted by atomic mass is 10.2. The number of hydrogen-bond acceptors (Lipinski definition) is 2. The second-order valence-corrected chi connectivity index (χ2v) is 4.52. The van der Waals surface area contributed by atoms with E-state index in [0.29, 0.717) is 0 Å². The van der Waals surface area contributed by atoms with Crippen LogP contribution in [0.5, 0.6) is 0 Å². The van der Waals surface area contributed by atoms with Crippen LogP contribution in [0.15, 0.2) is 15.9 Å². The van der Waals surface area contributed by atoms with E-state index in [1.807, 2.05) is 19.2 Å². The van der Waals surface area contributed by atoms with Crippen molar-refractivity contribution in [3.63, 3.8) is 0 Å². The predicted molar refractivity (Wildman–Crippen MR) is 52.7 cm³/mol. The summed E-state index contributed by atoms with van der Waals surface area (Å²) in [5.41, 5.74) is 0. The Balaban J connectivity index is 2.84. The molecule has 0 aromatic carbocycles. The summed E-state index contributed by atoms with van der Waals surface area (Å²) in [7, 11) is 1.86. The van der Waals surface area contributed by atoms with E-state index >= 15 is 0 Å². The van der Waals surface area contributed by atoms with Gasteiger partial charge < -0.3 is 5.32 Å². The Labute approximate surface area is 78.9 Å². The van der Waals surface area contributed by atoms with Crippen LogP contribution in [-0.4, -0.2) is 7.05 Å². The SMILES string of the molecule is C#CC(NC)c1ccc(Br)s1. The minimum absolute atomic E-state index is 0.0475. The Morgan fingerprint density at radius 2 is 2.45 bits per heavy atom. The minimum atomic E-state index is 0.0475. The van der Waals surface area contributed by atoms with Crippen molar-refractivity contribution in [3.05, 3.63) is 20.8 Å². The summed E-state index contributed by atoms with van der Waals surface area (Å²) in [5, 5.41) is 3.03. The fraction of sp³-hybridized carbons (Fsp3) is 0.250. The van der Waals surface area contributed by atoms with Crippen LogP contribution >= 0.6 is 27.3 Å². The van der Waals surface area contributed by atoms with Crippen molar-refractivity contribution in [2.24, 2.45) is 0 Å². The molecule has 0 spiro atoms. The zero-order valence-electron chi connectivity index (χ0n) is 6.10. The highest BCUT2D eigenvalue weighted by atomic mass is 79.9. The highest BCUT2D eigenvalue weighted by Gasteiger charge is 2.06. The summed E-state index contributed by atoms with van der Waals surface area (Å²) in [6.07, 6.45) is 5.30. The number of terminal acetylenes is 1. The molecule has 1 aromatic rings. The van der Waals surface area contributed by atoms with Gasteiger partial charge in [0, 0.05) is 4.88 Å². The summed E-state index contributed by atoms with van der Waals surface area (Å²) in [6, 6.07) is 4.07. The lowest BCUT2D eigenvalue weighted by Crippen LogP contribution is -2.12. The van der Waals surface area contributed by atoms with Gasteiger partial charge in [-0.05, 0) is 35.1 Å². The standard InChI is InChI=1S/C8H8BrNS/c1-3-6(10-2)7-4-5-8(9)11-7/h1,4-6,10H,2H3. The van der Waals surface area contributed by atoms with Crippen LogP contribution in [0.25, 0.3) is 0 Å². The molecule has 0 fully saturated rings. The third-order valence-corrected chi connectivity index (χ3v) is 3.02. The van der Waals surface area contributed by atoms with Crippen LogP contribution in [0.1, 0.15) is 10.9 Å². The molecule has 1 N–H and O–H groups in total. The monoisotopic (exact) mass is 229 g/mol. The number of hydrogen-bond donors (Lipinski definition) is 1. The van der Waals surface area contributed by atoms with Gasteiger partial charge in [0.1, 0.15) is 6.04 Å². The molecule has 1 unspecified atom stereocenters. The van der Waals surface area contributed by atoms with Crippen molar-refractivity contribution >= 4 is 27.3 Å². The van der Waals surface area contributed by atoms with E-state index in [9.17, 15) is 0 Å². The van der Waals surface area contributed by atoms with E-state index < -0.39 is 0 Å². The molecule has 0 aliphatic carbocycles. The normalized spacial score (nSPS) is 12.5. The van der Waals surface area contributed by atoms with Gasteiger partial charge in [-0.2, -0.15) is 0 Å². The summed E-state index contributed by atoms with van der Waals surface area (Å²) in [5.74, 6) is 2.66. The molecule has 0 aliphatic rings. The number of nitrogens with one attached hydrogen (secondary N) is 1. The summed E-state index contributed by atoms with van der Waals surface area (Å²) in [4.78, 5) is 1.17. The molecule has 1 rings (SSSR count). The molecule has 3 heteroatoms. The quantitative estimate of drug-likeness (QED) is 0.769. The number of thiophene rings is 1. The van der Waals surface area contributed by atoms with Crippen molar-refractivity contribution in [2.75, 3.05) is 7.05 Å². The first-order chi connectivity index (χ1) is 5.27. The maximum atomic E-state index is 5.30. The van der Waals surface area contributed by atoms with Crippen LogP contribution < -0.4 is 5.32 Å². The van der Waals surface area contributed by atoms with Gasteiger partial charge in [-0.15, -0.1) is 17.8 Å². The molecule has 0 aliphatic heterocycles. The Morgan fingerprint density at radius 3 is 2.82 bits per heavy atom. The van der Waals surface area contributed by atoms with Crippen LogP contribution in [0.3, 0.4) is 0 Å². The first-order valence-corrected chi connectivity index (χ1v) is 4.77. The maximum absolute atomic E-state index is 5.30. The largest absolute Gasteiger partial charge is 0.302 e. The van der Waals surface area contributed by atoms with Gasteiger partial charge in [-0.25, -0.2) is 0 Å². The van der Waals surface area contributed by atoms with Crippen molar-refractivity contribution in [1.82, 2.24) is 5.32 Å². The number of rotatable bonds is 2. The molecular weight excluding hydrogens is 222 g/mol. The van der Waals surface area contributed by atoms with Crippen molar-refractivity contribution in [1.29, 1.82) is 0 Å². The average molecular weight is 230 g/mol. The van der Waals surface area contributed by atoms with Crippen molar-refractivity contribution < 1.29 is 0 Å². The smallest absolute Gasteiger partial charge is 0.103 e. The lowest BCUT2D eigenvalue weighted by Gasteiger charge is -2.04. The van der Waals surface area contributed by atoms with Crippen LogP contribution in [-0.2, 0) is 0 Å². The zero-order valence-corrected chi connectivity index (χ0v) is 8.50. The van der Waals surface area contributed by atoms with Crippen LogP contribution in [0, 0.1) is 12.3 Å². The van der Waals surface area contributed by atoms with Gasteiger partial charge in [-0.3, -0.25) is 0 Å². The van der Waals surface area contributed by atoms with Gasteiger partial charge in [0.25, 0.3) is 0 Å². The van der Waals surface area contributed by atoms with Gasteiger partial charge >= 0.3 is 0 Å². The highest BCUT2D eigenvalue weighted by Crippen LogP contribution is 2.26. The second-order valence-electron chi connectivity index (χ2n) is 2.03. The summed E-state index contributed by atoms with van der Waals surface area (Å²) < 4.78 is 1.11. The van der Waals surface area contributed by atoms with E-state index in [0.717, 1.165) is 3.79 Å². The fourth-order valence-electron chi connectivity index (χ4n) is 0.791. The minimum Gasteiger partial charge on any atom is -0.302 e. The molecule has 0 bridgehead atoms. The molecule has 1 atom stereocenters. The van der Waals surface area contributed by atoms with E-state index in [4.69, 9.17) is 6.42 Å². The number of halogens is 1. The second kappa shape index (κ2) is 3.91. The molecule has 1 aromatic heterocycles. The van der Waals surface area contributed by atoms with Crippen molar-refractivity contribution in [2.45, 2.75) is 6.04 Å². The Morgan fingerprint density at radius 1 is 1.73 bits per heavy atom. The molecule has 58 valence electrons. The summed E-state index contributed by atoms with van der Waals surface area (Å²) >= 11 is 5.04. The van der Waals surface area contributed by atoms with Crippen molar-refractivity contribution in [3.8, 4) is 12.3 Å². The molecule has 0 amide bonds. The van der Waals surface area contributed by atoms with Gasteiger partial charge in [0.15, 0.2) is 0 Å². The van der Waals surface area contributed by atoms with Crippen LogP contribution in [0.4, 0.5) is 0 Å². The van der Waals surface area contributed by atoms with E-state index in [-0.39, 0.29) is 6.04 Å². The van der Waals surface area contributed by atoms with E-state index in [1.165, 1.54) is 4.88 Å². The first kappa shape index (κ1) is 8.79. The van der Waals surface area contributed by atoms with Gasteiger partial charge in [0.2, 0.25) is 0 Å². The average Bonchev–Trinajstić information content (AvgIpc) is 2.39. The molecule has 1 nitrogen and oxygen atoms in total. The molecule has 0 radical (unpaired) electrons. The lowest BCUT2D eigenvalue weighted by molar-refractivity contribution is 0.749. The third kappa shape index (κ3) is 2.06. The van der Waals surface area contributed by atoms with Gasteiger partial charge in [-0.1, -0.05) is 5.92 Å². The molecule has 11 heavy (non-hydrogen) atoms.